The SMILES string of the molecule is FC(F)(F)c1cccc(N2CC[NH+](CCCc3ccccc3)CC2)c1. The number of hydrogen-bond acceptors (Lipinski definition) is 1. The number of alkyl halides is 3. The Labute approximate surface area is 146 Å². The second-order valence-corrected chi connectivity index (χ2v) is 6.62. The Balaban J connectivity index is 1.47. The van der Waals surface area contributed by atoms with E-state index < -0.39 is 11.7 Å². The van der Waals surface area contributed by atoms with Gasteiger partial charge in [0.1, 0.15) is 0 Å². The van der Waals surface area contributed by atoms with E-state index in [1.807, 2.05) is 6.07 Å². The molecule has 3 rings (SSSR count). The molecule has 0 aliphatic carbocycles. The molecule has 1 aliphatic rings. The first-order valence-corrected chi connectivity index (χ1v) is 8.82. The molecule has 0 saturated carbocycles. The summed E-state index contributed by atoms with van der Waals surface area (Å²) in [6.07, 6.45) is -2.05. The van der Waals surface area contributed by atoms with Crippen LogP contribution in [0.4, 0.5) is 18.9 Å². The fraction of sp³-hybridized carbons (Fsp3) is 0.400. The molecule has 0 aromatic heterocycles. The van der Waals surface area contributed by atoms with Gasteiger partial charge in [-0.2, -0.15) is 13.2 Å². The predicted octanol–water partition coefficient (Wildman–Crippen LogP) is 3.04. The zero-order valence-electron chi connectivity index (χ0n) is 14.2. The van der Waals surface area contributed by atoms with E-state index in [0.717, 1.165) is 51.6 Å². The number of rotatable bonds is 5. The van der Waals surface area contributed by atoms with E-state index in [4.69, 9.17) is 0 Å². The lowest BCUT2D eigenvalue weighted by Gasteiger charge is -2.34. The molecule has 1 N–H and O–H groups in total. The normalized spacial score (nSPS) is 16.2. The standard InChI is InChI=1S/C20H23F3N2/c21-20(22,23)18-9-4-10-19(16-18)25-14-12-24(13-15-25)11-5-8-17-6-2-1-3-7-17/h1-4,6-7,9-10,16H,5,8,11-15H2/p+1. The molecule has 1 heterocycles. The third kappa shape index (κ3) is 4.98. The van der Waals surface area contributed by atoms with Gasteiger partial charge in [0, 0.05) is 12.1 Å². The molecule has 1 aliphatic heterocycles. The highest BCUT2D eigenvalue weighted by Crippen LogP contribution is 2.31. The molecule has 134 valence electrons. The number of halogens is 3. The van der Waals surface area contributed by atoms with E-state index in [1.54, 1.807) is 11.0 Å². The van der Waals surface area contributed by atoms with Crippen LogP contribution >= 0.6 is 0 Å². The van der Waals surface area contributed by atoms with Gasteiger partial charge in [0.15, 0.2) is 0 Å². The molecule has 0 spiro atoms. The van der Waals surface area contributed by atoms with Crippen molar-refractivity contribution in [2.24, 2.45) is 0 Å². The Bertz CT molecular complexity index is 662. The number of anilines is 1. The molecule has 0 amide bonds. The molecular formula is C20H24F3N2+. The number of aryl methyl sites for hydroxylation is 1. The number of quaternary nitrogens is 1. The highest BCUT2D eigenvalue weighted by atomic mass is 19.4. The van der Waals surface area contributed by atoms with Gasteiger partial charge in [-0.05, 0) is 30.2 Å². The minimum atomic E-state index is -4.28. The minimum Gasteiger partial charge on any atom is -0.360 e. The van der Waals surface area contributed by atoms with Crippen LogP contribution in [0.3, 0.4) is 0 Å². The molecule has 0 atom stereocenters. The first kappa shape index (κ1) is 17.8. The van der Waals surface area contributed by atoms with Crippen molar-refractivity contribution in [2.75, 3.05) is 37.6 Å². The molecule has 1 saturated heterocycles. The van der Waals surface area contributed by atoms with Crippen LogP contribution < -0.4 is 9.80 Å². The Morgan fingerprint density at radius 3 is 2.32 bits per heavy atom. The van der Waals surface area contributed by atoms with E-state index in [0.29, 0.717) is 5.69 Å². The van der Waals surface area contributed by atoms with Crippen molar-refractivity contribution < 1.29 is 18.1 Å². The third-order valence-electron chi connectivity index (χ3n) is 4.85. The van der Waals surface area contributed by atoms with Crippen molar-refractivity contribution in [3.8, 4) is 0 Å². The molecule has 5 heteroatoms. The number of benzene rings is 2. The highest BCUT2D eigenvalue weighted by molar-refractivity contribution is 5.49. The van der Waals surface area contributed by atoms with Gasteiger partial charge in [-0.1, -0.05) is 36.4 Å². The van der Waals surface area contributed by atoms with Crippen molar-refractivity contribution in [2.45, 2.75) is 19.0 Å². The van der Waals surface area contributed by atoms with Crippen LogP contribution in [0.2, 0.25) is 0 Å². The van der Waals surface area contributed by atoms with E-state index in [9.17, 15) is 13.2 Å². The van der Waals surface area contributed by atoms with Gasteiger partial charge in [0.2, 0.25) is 0 Å². The minimum absolute atomic E-state index is 0.567. The predicted molar refractivity (Wildman–Crippen MR) is 94.0 cm³/mol. The number of piperazine rings is 1. The lowest BCUT2D eigenvalue weighted by atomic mass is 10.1. The van der Waals surface area contributed by atoms with Crippen LogP contribution in [0, 0.1) is 0 Å². The lowest BCUT2D eigenvalue weighted by Crippen LogP contribution is -3.14. The van der Waals surface area contributed by atoms with Crippen LogP contribution in [0.5, 0.6) is 0 Å². The Morgan fingerprint density at radius 1 is 0.920 bits per heavy atom. The van der Waals surface area contributed by atoms with Crippen molar-refractivity contribution in [3.05, 3.63) is 65.7 Å². The topological polar surface area (TPSA) is 7.68 Å². The molecule has 0 unspecified atom stereocenters. The first-order valence-electron chi connectivity index (χ1n) is 8.82. The number of nitrogens with zero attached hydrogens (tertiary/aromatic N) is 1. The van der Waals surface area contributed by atoms with Gasteiger partial charge in [0.05, 0.1) is 38.3 Å². The van der Waals surface area contributed by atoms with Gasteiger partial charge in [-0.3, -0.25) is 0 Å². The van der Waals surface area contributed by atoms with Crippen molar-refractivity contribution in [1.82, 2.24) is 0 Å². The van der Waals surface area contributed by atoms with E-state index in [2.05, 4.69) is 29.2 Å². The monoisotopic (exact) mass is 349 g/mol. The average Bonchev–Trinajstić information content (AvgIpc) is 2.63. The molecule has 0 radical (unpaired) electrons. The fourth-order valence-electron chi connectivity index (χ4n) is 3.40. The van der Waals surface area contributed by atoms with E-state index >= 15 is 0 Å². The van der Waals surface area contributed by atoms with Crippen LogP contribution in [0.25, 0.3) is 0 Å². The van der Waals surface area contributed by atoms with E-state index in [1.165, 1.54) is 17.7 Å². The molecule has 0 bridgehead atoms. The molecule has 2 aromatic rings. The Morgan fingerprint density at radius 2 is 1.64 bits per heavy atom. The summed E-state index contributed by atoms with van der Waals surface area (Å²) in [5, 5.41) is 0. The maximum absolute atomic E-state index is 12.9. The smallest absolute Gasteiger partial charge is 0.360 e. The summed E-state index contributed by atoms with van der Waals surface area (Å²) < 4.78 is 38.6. The summed E-state index contributed by atoms with van der Waals surface area (Å²) in [6.45, 7) is 4.69. The second-order valence-electron chi connectivity index (χ2n) is 6.62. The molecular weight excluding hydrogens is 325 g/mol. The zero-order chi connectivity index (χ0) is 17.7. The summed E-state index contributed by atoms with van der Waals surface area (Å²) in [7, 11) is 0. The quantitative estimate of drug-likeness (QED) is 0.872. The molecule has 25 heavy (non-hydrogen) atoms. The average molecular weight is 349 g/mol. The fourth-order valence-corrected chi connectivity index (χ4v) is 3.40. The zero-order valence-corrected chi connectivity index (χ0v) is 14.2. The number of nitrogens with one attached hydrogen (secondary N) is 1. The van der Waals surface area contributed by atoms with Crippen LogP contribution in [0.1, 0.15) is 17.5 Å². The Hall–Kier alpha value is -2.01. The lowest BCUT2D eigenvalue weighted by molar-refractivity contribution is -0.900. The molecule has 1 fully saturated rings. The molecule has 2 aromatic carbocycles. The van der Waals surface area contributed by atoms with E-state index in [-0.39, 0.29) is 0 Å². The summed E-state index contributed by atoms with van der Waals surface area (Å²) >= 11 is 0. The Kier molecular flexibility index (Phi) is 5.63. The first-order chi connectivity index (χ1) is 12.0. The van der Waals surface area contributed by atoms with Crippen LogP contribution in [-0.4, -0.2) is 32.7 Å². The maximum Gasteiger partial charge on any atom is 0.416 e. The van der Waals surface area contributed by atoms with Gasteiger partial charge >= 0.3 is 6.18 Å². The summed E-state index contributed by atoms with van der Waals surface area (Å²) in [5.74, 6) is 0. The second kappa shape index (κ2) is 7.91. The largest absolute Gasteiger partial charge is 0.416 e. The van der Waals surface area contributed by atoms with Crippen molar-refractivity contribution in [1.29, 1.82) is 0 Å². The summed E-state index contributed by atoms with van der Waals surface area (Å²) in [6, 6.07) is 16.1. The summed E-state index contributed by atoms with van der Waals surface area (Å²) in [4.78, 5) is 3.61. The number of hydrogen-bond donors (Lipinski definition) is 1. The third-order valence-corrected chi connectivity index (χ3v) is 4.85. The summed E-state index contributed by atoms with van der Waals surface area (Å²) in [5.41, 5.74) is 1.48. The van der Waals surface area contributed by atoms with Crippen molar-refractivity contribution in [3.63, 3.8) is 0 Å². The van der Waals surface area contributed by atoms with Gasteiger partial charge in [-0.25, -0.2) is 0 Å². The van der Waals surface area contributed by atoms with Gasteiger partial charge in [-0.15, -0.1) is 0 Å². The van der Waals surface area contributed by atoms with Gasteiger partial charge < -0.3 is 9.80 Å². The van der Waals surface area contributed by atoms with Crippen molar-refractivity contribution >= 4 is 5.69 Å². The molecule has 2 nitrogen and oxygen atoms in total. The van der Waals surface area contributed by atoms with Crippen LogP contribution in [-0.2, 0) is 12.6 Å². The highest BCUT2D eigenvalue weighted by Gasteiger charge is 2.31. The maximum atomic E-state index is 12.9. The van der Waals surface area contributed by atoms with Crippen LogP contribution in [0.15, 0.2) is 54.6 Å². The van der Waals surface area contributed by atoms with Gasteiger partial charge in [0.25, 0.3) is 0 Å².